The first-order valence-electron chi connectivity index (χ1n) is 9.10. The van der Waals surface area contributed by atoms with Gasteiger partial charge in [-0.1, -0.05) is 31.9 Å². The number of carbonyl (C=O) groups is 1. The molecule has 1 aliphatic heterocycles. The number of hydrogen-bond donors (Lipinski definition) is 1. The van der Waals surface area contributed by atoms with Crippen molar-refractivity contribution in [1.82, 2.24) is 4.90 Å². The maximum Gasteiger partial charge on any atom is 0.411 e. The molecule has 1 saturated heterocycles. The van der Waals surface area contributed by atoms with Gasteiger partial charge in [0, 0.05) is 18.8 Å². The van der Waals surface area contributed by atoms with Gasteiger partial charge in [0.25, 0.3) is 0 Å². The van der Waals surface area contributed by atoms with Crippen LogP contribution in [0.5, 0.6) is 0 Å². The normalized spacial score (nSPS) is 15.7. The Morgan fingerprint density at radius 2 is 1.96 bits per heavy atom. The molecule has 24 heavy (non-hydrogen) atoms. The van der Waals surface area contributed by atoms with E-state index in [0.29, 0.717) is 13.2 Å². The van der Waals surface area contributed by atoms with Crippen LogP contribution < -0.4 is 5.32 Å². The Morgan fingerprint density at radius 3 is 2.71 bits per heavy atom. The molecule has 5 nitrogen and oxygen atoms in total. The van der Waals surface area contributed by atoms with Gasteiger partial charge in [-0.25, -0.2) is 4.79 Å². The van der Waals surface area contributed by atoms with Gasteiger partial charge in [0.1, 0.15) is 6.61 Å². The molecule has 0 atom stereocenters. The first-order chi connectivity index (χ1) is 11.8. The van der Waals surface area contributed by atoms with Crippen LogP contribution in [0.2, 0.25) is 0 Å². The summed E-state index contributed by atoms with van der Waals surface area (Å²) in [5.74, 6) is 0. The number of anilines is 1. The van der Waals surface area contributed by atoms with E-state index in [0.717, 1.165) is 43.9 Å². The van der Waals surface area contributed by atoms with Crippen molar-refractivity contribution in [3.8, 4) is 0 Å². The second-order valence-electron chi connectivity index (χ2n) is 6.27. The summed E-state index contributed by atoms with van der Waals surface area (Å²) in [6.07, 6.45) is 5.74. The molecule has 134 valence electrons. The van der Waals surface area contributed by atoms with Gasteiger partial charge < -0.3 is 9.47 Å². The number of ether oxygens (including phenoxy) is 2. The number of rotatable bonds is 8. The number of carbonyl (C=O) groups excluding carboxylic acids is 1. The maximum absolute atomic E-state index is 11.9. The Bertz CT molecular complexity index is 485. The van der Waals surface area contributed by atoms with Crippen LogP contribution in [0.3, 0.4) is 0 Å². The number of nitrogens with zero attached hydrogens (tertiary/aromatic N) is 1. The quantitative estimate of drug-likeness (QED) is 0.729. The molecule has 1 aliphatic rings. The Balaban J connectivity index is 1.68. The molecule has 1 N–H and O–H groups in total. The second kappa shape index (κ2) is 11.0. The van der Waals surface area contributed by atoms with Crippen LogP contribution in [0, 0.1) is 0 Å². The number of hydrogen-bond acceptors (Lipinski definition) is 4. The van der Waals surface area contributed by atoms with Gasteiger partial charge in [-0.3, -0.25) is 10.2 Å². The Morgan fingerprint density at radius 1 is 1.17 bits per heavy atom. The van der Waals surface area contributed by atoms with Crippen molar-refractivity contribution in [3.05, 3.63) is 29.8 Å². The van der Waals surface area contributed by atoms with E-state index in [1.807, 2.05) is 24.3 Å². The smallest absolute Gasteiger partial charge is 0.411 e. The summed E-state index contributed by atoms with van der Waals surface area (Å²) in [5, 5.41) is 2.79. The van der Waals surface area contributed by atoms with E-state index in [4.69, 9.17) is 9.47 Å². The minimum absolute atomic E-state index is 0.392. The standard InChI is InChI=1S/C19H30N2O3/c1-2-13-23-16-17-8-7-9-18(15-17)20-19(22)24-14-12-21-10-5-3-4-6-11-21/h7-9,15H,2-6,10-14,16H2,1H3,(H,20,22). The number of nitrogens with one attached hydrogen (secondary N) is 1. The van der Waals surface area contributed by atoms with E-state index >= 15 is 0 Å². The van der Waals surface area contributed by atoms with Gasteiger partial charge >= 0.3 is 6.09 Å². The van der Waals surface area contributed by atoms with Crippen LogP contribution in [0.1, 0.15) is 44.6 Å². The van der Waals surface area contributed by atoms with Gasteiger partial charge in [0.2, 0.25) is 0 Å². The topological polar surface area (TPSA) is 50.8 Å². The lowest BCUT2D eigenvalue weighted by molar-refractivity contribution is 0.121. The largest absolute Gasteiger partial charge is 0.448 e. The zero-order valence-corrected chi connectivity index (χ0v) is 14.8. The average molecular weight is 334 g/mol. The molecule has 1 heterocycles. The molecular formula is C19H30N2O3. The molecule has 0 aromatic heterocycles. The highest BCUT2D eigenvalue weighted by Gasteiger charge is 2.10. The first-order valence-corrected chi connectivity index (χ1v) is 9.10. The van der Waals surface area contributed by atoms with Crippen molar-refractivity contribution in [1.29, 1.82) is 0 Å². The van der Waals surface area contributed by atoms with E-state index in [-0.39, 0.29) is 0 Å². The third kappa shape index (κ3) is 7.32. The van der Waals surface area contributed by atoms with Crippen LogP contribution >= 0.6 is 0 Å². The fourth-order valence-corrected chi connectivity index (χ4v) is 2.85. The van der Waals surface area contributed by atoms with Gasteiger partial charge in [-0.2, -0.15) is 0 Å². The maximum atomic E-state index is 11.9. The lowest BCUT2D eigenvalue weighted by atomic mass is 10.2. The van der Waals surface area contributed by atoms with Gasteiger partial charge in [-0.05, 0) is 50.0 Å². The van der Waals surface area contributed by atoms with Crippen LogP contribution in [-0.2, 0) is 16.1 Å². The number of amides is 1. The highest BCUT2D eigenvalue weighted by atomic mass is 16.5. The molecule has 5 heteroatoms. The minimum atomic E-state index is -0.392. The summed E-state index contributed by atoms with van der Waals surface area (Å²) in [6, 6.07) is 7.69. The van der Waals surface area contributed by atoms with Crippen molar-refractivity contribution < 1.29 is 14.3 Å². The van der Waals surface area contributed by atoms with Crippen molar-refractivity contribution in [2.45, 2.75) is 45.6 Å². The number of benzene rings is 1. The van der Waals surface area contributed by atoms with E-state index in [1.165, 1.54) is 25.7 Å². The molecule has 0 radical (unpaired) electrons. The summed E-state index contributed by atoms with van der Waals surface area (Å²) < 4.78 is 10.8. The zero-order valence-electron chi connectivity index (χ0n) is 14.8. The fraction of sp³-hybridized carbons (Fsp3) is 0.632. The van der Waals surface area contributed by atoms with E-state index < -0.39 is 6.09 Å². The zero-order chi connectivity index (χ0) is 17.0. The van der Waals surface area contributed by atoms with Crippen LogP contribution in [0.4, 0.5) is 10.5 Å². The third-order valence-electron chi connectivity index (χ3n) is 4.13. The molecule has 0 saturated carbocycles. The monoisotopic (exact) mass is 334 g/mol. The van der Waals surface area contributed by atoms with Gasteiger partial charge in [-0.15, -0.1) is 0 Å². The van der Waals surface area contributed by atoms with Gasteiger partial charge in [0.15, 0.2) is 0 Å². The lowest BCUT2D eigenvalue weighted by Crippen LogP contribution is -2.30. The summed E-state index contributed by atoms with van der Waals surface area (Å²) in [5.41, 5.74) is 1.79. The molecule has 1 amide bonds. The van der Waals surface area contributed by atoms with Crippen LogP contribution in [0.15, 0.2) is 24.3 Å². The number of likely N-dealkylation sites (tertiary alicyclic amines) is 1. The first kappa shape index (κ1) is 18.7. The molecule has 0 spiro atoms. The SMILES string of the molecule is CCCOCc1cccc(NC(=O)OCCN2CCCCCC2)c1. The van der Waals surface area contributed by atoms with Crippen LogP contribution in [-0.4, -0.2) is 43.8 Å². The minimum Gasteiger partial charge on any atom is -0.448 e. The molecular weight excluding hydrogens is 304 g/mol. The molecule has 1 aromatic carbocycles. The predicted octanol–water partition coefficient (Wildman–Crippen LogP) is 4.04. The Kier molecular flexibility index (Phi) is 8.63. The molecule has 1 aromatic rings. The highest BCUT2D eigenvalue weighted by Crippen LogP contribution is 2.12. The van der Waals surface area contributed by atoms with Crippen molar-refractivity contribution >= 4 is 11.8 Å². The Labute approximate surface area is 145 Å². The lowest BCUT2D eigenvalue weighted by Gasteiger charge is -2.19. The summed E-state index contributed by atoms with van der Waals surface area (Å²) in [4.78, 5) is 14.3. The highest BCUT2D eigenvalue weighted by molar-refractivity contribution is 5.84. The summed E-state index contributed by atoms with van der Waals surface area (Å²) in [6.45, 7) is 6.88. The van der Waals surface area contributed by atoms with E-state index in [9.17, 15) is 4.79 Å². The van der Waals surface area contributed by atoms with Crippen LogP contribution in [0.25, 0.3) is 0 Å². The third-order valence-corrected chi connectivity index (χ3v) is 4.13. The summed E-state index contributed by atoms with van der Waals surface area (Å²) >= 11 is 0. The Hall–Kier alpha value is -1.59. The fourth-order valence-electron chi connectivity index (χ4n) is 2.85. The van der Waals surface area contributed by atoms with Gasteiger partial charge in [0.05, 0.1) is 6.61 Å². The average Bonchev–Trinajstić information content (AvgIpc) is 2.84. The van der Waals surface area contributed by atoms with Crippen molar-refractivity contribution in [2.75, 3.05) is 38.2 Å². The molecule has 0 aliphatic carbocycles. The van der Waals surface area contributed by atoms with E-state index in [1.54, 1.807) is 0 Å². The second-order valence-corrected chi connectivity index (χ2v) is 6.27. The van der Waals surface area contributed by atoms with E-state index in [2.05, 4.69) is 17.1 Å². The molecule has 1 fully saturated rings. The molecule has 0 unspecified atom stereocenters. The molecule has 2 rings (SSSR count). The van der Waals surface area contributed by atoms with Crippen molar-refractivity contribution in [3.63, 3.8) is 0 Å². The molecule has 0 bridgehead atoms. The van der Waals surface area contributed by atoms with Crippen molar-refractivity contribution in [2.24, 2.45) is 0 Å². The summed E-state index contributed by atoms with van der Waals surface area (Å²) in [7, 11) is 0. The predicted molar refractivity (Wildman–Crippen MR) is 96.3 cm³/mol.